The van der Waals surface area contributed by atoms with Crippen LogP contribution in [0.25, 0.3) is 10.9 Å². The van der Waals surface area contributed by atoms with Crippen LogP contribution in [0.3, 0.4) is 0 Å². The highest BCUT2D eigenvalue weighted by molar-refractivity contribution is 8.03. The summed E-state index contributed by atoms with van der Waals surface area (Å²) in [5, 5.41) is 15.0. The average Bonchev–Trinajstić information content (AvgIpc) is 3.23. The Morgan fingerprint density at radius 3 is 3.13 bits per heavy atom. The number of aliphatic carboxylic acids is 1. The van der Waals surface area contributed by atoms with E-state index in [1.165, 1.54) is 27.9 Å². The number of hydrogen-bond donors (Lipinski definition) is 1. The van der Waals surface area contributed by atoms with Gasteiger partial charge in [0.05, 0.1) is 11.3 Å². The maximum absolute atomic E-state index is 12.2. The predicted molar refractivity (Wildman–Crippen MR) is 87.0 cm³/mol. The largest absolute Gasteiger partial charge is 0.477 e. The van der Waals surface area contributed by atoms with E-state index in [4.69, 9.17) is 5.11 Å². The molecule has 2 aliphatic heterocycles. The molecule has 0 spiro atoms. The topological polar surface area (TPSA) is 74.9 Å². The van der Waals surface area contributed by atoms with E-state index in [9.17, 15) is 9.59 Å². The Bertz CT molecular complexity index is 953. The third-order valence-electron chi connectivity index (χ3n) is 4.40. The van der Waals surface area contributed by atoms with Gasteiger partial charge in [0.1, 0.15) is 15.9 Å². The molecule has 1 amide bonds. The molecule has 2 aromatic rings. The summed E-state index contributed by atoms with van der Waals surface area (Å²) in [5.74, 6) is -1.28. The van der Waals surface area contributed by atoms with Gasteiger partial charge in [-0.25, -0.2) is 9.31 Å². The van der Waals surface area contributed by atoms with Crippen molar-refractivity contribution in [3.63, 3.8) is 0 Å². The molecule has 4 heterocycles. The van der Waals surface area contributed by atoms with Crippen LogP contribution in [0.4, 0.5) is 0 Å². The molecule has 3 aliphatic rings. The second-order valence-corrected chi connectivity index (χ2v) is 7.75. The van der Waals surface area contributed by atoms with Crippen molar-refractivity contribution in [3.8, 4) is 0 Å². The van der Waals surface area contributed by atoms with E-state index in [1.807, 2.05) is 16.8 Å². The highest BCUT2D eigenvalue weighted by atomic mass is 32.2. The molecule has 1 saturated heterocycles. The summed E-state index contributed by atoms with van der Waals surface area (Å²) < 4.78 is 1.91. The minimum absolute atomic E-state index is 0.0703. The summed E-state index contributed by atoms with van der Waals surface area (Å²) >= 11 is 3.01. The molecule has 1 atom stereocenters. The van der Waals surface area contributed by atoms with Crippen LogP contribution < -0.4 is 0 Å². The SMILES string of the molecule is O=C(O)C1=CS[C@@H]2/C(=C\c3cn4nc5c(c4s3)CCC5)C(=O)N12. The van der Waals surface area contributed by atoms with Gasteiger partial charge in [-0.3, -0.25) is 9.69 Å². The number of aromatic nitrogens is 2. The smallest absolute Gasteiger partial charge is 0.353 e. The molecule has 0 bridgehead atoms. The second kappa shape index (κ2) is 4.48. The summed E-state index contributed by atoms with van der Waals surface area (Å²) in [5.41, 5.74) is 3.26. The van der Waals surface area contributed by atoms with Crippen molar-refractivity contribution in [1.29, 1.82) is 0 Å². The van der Waals surface area contributed by atoms with Gasteiger partial charge < -0.3 is 5.11 Å². The molecular weight excluding hydrogens is 334 g/mol. The van der Waals surface area contributed by atoms with Gasteiger partial charge in [-0.15, -0.1) is 23.1 Å². The Kier molecular flexibility index (Phi) is 2.61. The van der Waals surface area contributed by atoms with Gasteiger partial charge in [0.25, 0.3) is 5.91 Å². The van der Waals surface area contributed by atoms with Crippen molar-refractivity contribution in [2.24, 2.45) is 0 Å². The van der Waals surface area contributed by atoms with E-state index in [0.29, 0.717) is 5.57 Å². The fraction of sp³-hybridized carbons (Fsp3) is 0.267. The molecule has 1 fully saturated rings. The zero-order valence-electron chi connectivity index (χ0n) is 11.9. The van der Waals surface area contributed by atoms with Crippen molar-refractivity contribution < 1.29 is 14.7 Å². The third kappa shape index (κ3) is 1.73. The van der Waals surface area contributed by atoms with Crippen molar-refractivity contribution in [1.82, 2.24) is 14.5 Å². The number of thiazole rings is 1. The Labute approximate surface area is 139 Å². The Morgan fingerprint density at radius 2 is 2.30 bits per heavy atom. The Balaban J connectivity index is 1.48. The van der Waals surface area contributed by atoms with Crippen LogP contribution in [0.1, 0.15) is 22.6 Å². The highest BCUT2D eigenvalue weighted by Crippen LogP contribution is 2.45. The number of carboxylic acid groups (broad SMARTS) is 1. The van der Waals surface area contributed by atoms with Crippen molar-refractivity contribution in [2.75, 3.05) is 0 Å². The molecule has 23 heavy (non-hydrogen) atoms. The number of amides is 1. The molecular formula is C15H11N3O3S2. The van der Waals surface area contributed by atoms with Crippen LogP contribution in [0.2, 0.25) is 0 Å². The van der Waals surface area contributed by atoms with Crippen molar-refractivity contribution in [2.45, 2.75) is 24.6 Å². The Hall–Kier alpha value is -2.06. The van der Waals surface area contributed by atoms with Gasteiger partial charge in [0.15, 0.2) is 0 Å². The lowest BCUT2D eigenvalue weighted by Gasteiger charge is -2.37. The summed E-state index contributed by atoms with van der Waals surface area (Å²) in [6.45, 7) is 0. The van der Waals surface area contributed by atoms with Gasteiger partial charge in [0, 0.05) is 22.0 Å². The second-order valence-electron chi connectivity index (χ2n) is 5.73. The predicted octanol–water partition coefficient (Wildman–Crippen LogP) is 2.11. The van der Waals surface area contributed by atoms with E-state index >= 15 is 0 Å². The number of carbonyl (C=O) groups is 2. The van der Waals surface area contributed by atoms with Crippen LogP contribution in [0.5, 0.6) is 0 Å². The number of hydrogen-bond acceptors (Lipinski definition) is 5. The number of rotatable bonds is 2. The summed E-state index contributed by atoms with van der Waals surface area (Å²) in [6.07, 6.45) is 7.11. The first-order valence-electron chi connectivity index (χ1n) is 7.27. The molecule has 0 radical (unpaired) electrons. The molecule has 5 rings (SSSR count). The molecule has 0 saturated carbocycles. The fourth-order valence-corrected chi connectivity index (χ4v) is 5.53. The maximum atomic E-state index is 12.2. The van der Waals surface area contributed by atoms with Crippen LogP contribution in [0, 0.1) is 0 Å². The highest BCUT2D eigenvalue weighted by Gasteiger charge is 2.49. The minimum atomic E-state index is -1.06. The van der Waals surface area contributed by atoms with E-state index in [1.54, 1.807) is 16.7 Å². The maximum Gasteiger partial charge on any atom is 0.353 e. The van der Waals surface area contributed by atoms with E-state index in [2.05, 4.69) is 5.10 Å². The first-order valence-corrected chi connectivity index (χ1v) is 9.03. The lowest BCUT2D eigenvalue weighted by atomic mass is 10.0. The van der Waals surface area contributed by atoms with Crippen LogP contribution in [-0.2, 0) is 22.4 Å². The molecule has 116 valence electrons. The first-order chi connectivity index (χ1) is 11.1. The molecule has 0 unspecified atom stereocenters. The zero-order chi connectivity index (χ0) is 15.7. The number of β-lactam (4-membered cyclic amide) rings is 1. The fourth-order valence-electron chi connectivity index (χ4n) is 3.32. The molecule has 6 nitrogen and oxygen atoms in total. The zero-order valence-corrected chi connectivity index (χ0v) is 13.5. The molecule has 1 aliphatic carbocycles. The molecule has 1 N–H and O–H groups in total. The number of thioether (sulfide) groups is 1. The number of carboxylic acids is 1. The van der Waals surface area contributed by atoms with E-state index in [-0.39, 0.29) is 17.0 Å². The summed E-state index contributed by atoms with van der Waals surface area (Å²) in [7, 11) is 0. The molecule has 2 aromatic heterocycles. The first kappa shape index (κ1) is 13.4. The average molecular weight is 345 g/mol. The molecule has 8 heteroatoms. The van der Waals surface area contributed by atoms with Crippen LogP contribution >= 0.6 is 23.1 Å². The number of nitrogens with zero attached hydrogens (tertiary/aromatic N) is 3. The number of carbonyl (C=O) groups excluding carboxylic acids is 1. The molecule has 0 aromatic carbocycles. The normalized spacial score (nSPS) is 24.1. The van der Waals surface area contributed by atoms with Gasteiger partial charge in [-0.1, -0.05) is 0 Å². The van der Waals surface area contributed by atoms with Crippen LogP contribution in [-0.4, -0.2) is 36.9 Å². The van der Waals surface area contributed by atoms with Gasteiger partial charge in [0.2, 0.25) is 0 Å². The summed E-state index contributed by atoms with van der Waals surface area (Å²) in [4.78, 5) is 26.8. The number of fused-ring (bicyclic) bond motifs is 4. The van der Waals surface area contributed by atoms with Crippen molar-refractivity contribution in [3.05, 3.63) is 39.0 Å². The minimum Gasteiger partial charge on any atom is -0.477 e. The quantitative estimate of drug-likeness (QED) is 0.666. The lowest BCUT2D eigenvalue weighted by molar-refractivity contribution is -0.141. The third-order valence-corrected chi connectivity index (χ3v) is 6.57. The van der Waals surface area contributed by atoms with Gasteiger partial charge >= 0.3 is 5.97 Å². The lowest BCUT2D eigenvalue weighted by Crippen LogP contribution is -2.51. The Morgan fingerprint density at radius 1 is 1.43 bits per heavy atom. The summed E-state index contributed by atoms with van der Waals surface area (Å²) in [6, 6.07) is 0. The standard InChI is InChI=1S/C15H11N3O3S2/c19-12-9(14-18(12)11(6-22-14)15(20)21)4-7-5-17-13(23-7)8-2-1-3-10(8)16-17/h4-6,14H,1-3H2,(H,20,21)/b9-4-/t14-/m1/s1. The van der Waals surface area contributed by atoms with Crippen molar-refractivity contribution >= 4 is 45.9 Å². The van der Waals surface area contributed by atoms with E-state index < -0.39 is 5.97 Å². The van der Waals surface area contributed by atoms with Crippen LogP contribution in [0.15, 0.2) is 22.9 Å². The van der Waals surface area contributed by atoms with Gasteiger partial charge in [-0.05, 0) is 25.3 Å². The van der Waals surface area contributed by atoms with E-state index in [0.717, 1.165) is 29.0 Å². The van der Waals surface area contributed by atoms with Gasteiger partial charge in [-0.2, -0.15) is 5.10 Å². The monoisotopic (exact) mass is 345 g/mol. The number of aryl methyl sites for hydroxylation is 2.